The van der Waals surface area contributed by atoms with Crippen LogP contribution in [0.4, 0.5) is 5.69 Å². The Morgan fingerprint density at radius 1 is 1.00 bits per heavy atom. The fourth-order valence-corrected chi connectivity index (χ4v) is 2.17. The number of carbonyl (C=O) groups excluding carboxylic acids is 2. The Balaban J connectivity index is 1.99. The highest BCUT2D eigenvalue weighted by Crippen LogP contribution is 2.19. The van der Waals surface area contributed by atoms with Gasteiger partial charge in [-0.15, -0.1) is 0 Å². The van der Waals surface area contributed by atoms with Crippen LogP contribution in [0.15, 0.2) is 42.5 Å². The van der Waals surface area contributed by atoms with Crippen molar-refractivity contribution in [1.29, 1.82) is 0 Å². The van der Waals surface area contributed by atoms with Gasteiger partial charge in [-0.2, -0.15) is 0 Å². The van der Waals surface area contributed by atoms with Crippen LogP contribution in [0.5, 0.6) is 0 Å². The lowest BCUT2D eigenvalue weighted by molar-refractivity contribution is -0.385. The molecule has 0 radical (unpaired) electrons. The van der Waals surface area contributed by atoms with Crippen LogP contribution in [0, 0.1) is 17.0 Å². The van der Waals surface area contributed by atoms with E-state index in [0.29, 0.717) is 23.3 Å². The molecule has 25 heavy (non-hydrogen) atoms. The summed E-state index contributed by atoms with van der Waals surface area (Å²) < 4.78 is 10.1. The third-order valence-electron chi connectivity index (χ3n) is 3.46. The highest BCUT2D eigenvalue weighted by atomic mass is 16.6. The van der Waals surface area contributed by atoms with Gasteiger partial charge in [-0.1, -0.05) is 12.1 Å². The van der Waals surface area contributed by atoms with Gasteiger partial charge in [0.15, 0.2) is 0 Å². The van der Waals surface area contributed by atoms with E-state index in [4.69, 9.17) is 9.47 Å². The maximum absolute atomic E-state index is 12.0. The number of nitrogens with zero attached hydrogens (tertiary/aromatic N) is 1. The first-order valence-corrected chi connectivity index (χ1v) is 7.60. The minimum Gasteiger partial charge on any atom is -0.462 e. The van der Waals surface area contributed by atoms with Crippen molar-refractivity contribution in [3.8, 4) is 0 Å². The number of nitro benzene ring substituents is 1. The highest BCUT2D eigenvalue weighted by Gasteiger charge is 2.15. The van der Waals surface area contributed by atoms with Crippen LogP contribution in [0.3, 0.4) is 0 Å². The maximum Gasteiger partial charge on any atom is 0.338 e. The first-order chi connectivity index (χ1) is 11.9. The number of benzene rings is 2. The van der Waals surface area contributed by atoms with E-state index in [1.165, 1.54) is 18.2 Å². The van der Waals surface area contributed by atoms with Crippen molar-refractivity contribution in [1.82, 2.24) is 0 Å². The zero-order valence-corrected chi connectivity index (χ0v) is 13.9. The molecule has 0 bridgehead atoms. The fraction of sp³-hybridized carbons (Fsp3) is 0.222. The first-order valence-electron chi connectivity index (χ1n) is 7.60. The standard InChI is InChI=1S/C18H17NO6/c1-3-24-17(20)14-6-4-13(5-7-14)11-25-18(21)15-8-9-16(19(22)23)12(2)10-15/h4-10H,3,11H2,1-2H3. The summed E-state index contributed by atoms with van der Waals surface area (Å²) in [4.78, 5) is 33.9. The van der Waals surface area contributed by atoms with Crippen LogP contribution < -0.4 is 0 Å². The normalized spacial score (nSPS) is 10.2. The van der Waals surface area contributed by atoms with Crippen LogP contribution in [-0.4, -0.2) is 23.5 Å². The average molecular weight is 343 g/mol. The molecule has 0 aromatic heterocycles. The van der Waals surface area contributed by atoms with Gasteiger partial charge in [0.1, 0.15) is 6.61 Å². The third-order valence-corrected chi connectivity index (χ3v) is 3.46. The van der Waals surface area contributed by atoms with Crippen molar-refractivity contribution in [2.24, 2.45) is 0 Å². The molecule has 0 fully saturated rings. The second-order valence-corrected chi connectivity index (χ2v) is 5.25. The van der Waals surface area contributed by atoms with Crippen molar-refractivity contribution >= 4 is 17.6 Å². The SMILES string of the molecule is CCOC(=O)c1ccc(COC(=O)c2ccc([N+](=O)[O-])c(C)c2)cc1. The molecule has 7 nitrogen and oxygen atoms in total. The molecule has 0 heterocycles. The van der Waals surface area contributed by atoms with E-state index in [2.05, 4.69) is 0 Å². The zero-order valence-electron chi connectivity index (χ0n) is 13.9. The van der Waals surface area contributed by atoms with E-state index in [9.17, 15) is 19.7 Å². The molecule has 0 aliphatic heterocycles. The van der Waals surface area contributed by atoms with E-state index < -0.39 is 16.9 Å². The summed E-state index contributed by atoms with van der Waals surface area (Å²) in [5, 5.41) is 10.8. The summed E-state index contributed by atoms with van der Waals surface area (Å²) in [6, 6.07) is 10.6. The monoisotopic (exact) mass is 343 g/mol. The van der Waals surface area contributed by atoms with Gasteiger partial charge in [0, 0.05) is 11.6 Å². The van der Waals surface area contributed by atoms with Gasteiger partial charge in [-0.25, -0.2) is 9.59 Å². The van der Waals surface area contributed by atoms with E-state index in [1.54, 1.807) is 38.1 Å². The van der Waals surface area contributed by atoms with E-state index in [-0.39, 0.29) is 17.9 Å². The molecule has 2 aromatic carbocycles. The molecule has 0 saturated carbocycles. The number of hydrogen-bond acceptors (Lipinski definition) is 6. The molecular weight excluding hydrogens is 326 g/mol. The quantitative estimate of drug-likeness (QED) is 0.453. The Hall–Kier alpha value is -3.22. The summed E-state index contributed by atoms with van der Waals surface area (Å²) >= 11 is 0. The van der Waals surface area contributed by atoms with Gasteiger partial charge < -0.3 is 9.47 Å². The van der Waals surface area contributed by atoms with Crippen LogP contribution >= 0.6 is 0 Å². The summed E-state index contributed by atoms with van der Waals surface area (Å²) in [6.45, 7) is 3.61. The predicted molar refractivity (Wildman–Crippen MR) is 89.4 cm³/mol. The smallest absolute Gasteiger partial charge is 0.338 e. The first kappa shape index (κ1) is 18.1. The number of hydrogen-bond donors (Lipinski definition) is 0. The Morgan fingerprint density at radius 3 is 2.16 bits per heavy atom. The number of ether oxygens (including phenoxy) is 2. The Labute approximate surface area is 144 Å². The van der Waals surface area contributed by atoms with E-state index >= 15 is 0 Å². The van der Waals surface area contributed by atoms with E-state index in [1.807, 2.05) is 0 Å². The van der Waals surface area contributed by atoms with Crippen molar-refractivity contribution in [3.63, 3.8) is 0 Å². The van der Waals surface area contributed by atoms with Crippen molar-refractivity contribution in [2.45, 2.75) is 20.5 Å². The lowest BCUT2D eigenvalue weighted by Crippen LogP contribution is -2.07. The number of aryl methyl sites for hydroxylation is 1. The van der Waals surface area contributed by atoms with Gasteiger partial charge in [0.25, 0.3) is 5.69 Å². The van der Waals surface area contributed by atoms with Gasteiger partial charge >= 0.3 is 11.9 Å². The summed E-state index contributed by atoms with van der Waals surface area (Å²) in [7, 11) is 0. The molecule has 0 aliphatic rings. The molecular formula is C18H17NO6. The Morgan fingerprint density at radius 2 is 1.60 bits per heavy atom. The lowest BCUT2D eigenvalue weighted by atomic mass is 10.1. The van der Waals surface area contributed by atoms with E-state index in [0.717, 1.165) is 0 Å². The molecule has 2 rings (SSSR count). The van der Waals surface area contributed by atoms with Crippen LogP contribution in [0.25, 0.3) is 0 Å². The topological polar surface area (TPSA) is 95.7 Å². The fourth-order valence-electron chi connectivity index (χ4n) is 2.17. The Kier molecular flexibility index (Phi) is 5.84. The summed E-state index contributed by atoms with van der Waals surface area (Å²) in [5.74, 6) is -0.986. The van der Waals surface area contributed by atoms with Crippen LogP contribution in [-0.2, 0) is 16.1 Å². The second-order valence-electron chi connectivity index (χ2n) is 5.25. The van der Waals surface area contributed by atoms with Gasteiger partial charge in [-0.05, 0) is 43.7 Å². The van der Waals surface area contributed by atoms with Crippen LogP contribution in [0.1, 0.15) is 38.8 Å². The van der Waals surface area contributed by atoms with Crippen molar-refractivity contribution in [3.05, 3.63) is 74.8 Å². The summed E-state index contributed by atoms with van der Waals surface area (Å²) in [5.41, 5.74) is 1.71. The molecule has 0 atom stereocenters. The number of carbonyl (C=O) groups is 2. The summed E-state index contributed by atoms with van der Waals surface area (Å²) in [6.07, 6.45) is 0. The highest BCUT2D eigenvalue weighted by molar-refractivity contribution is 5.90. The molecule has 130 valence electrons. The van der Waals surface area contributed by atoms with Gasteiger partial charge in [0.05, 0.1) is 22.7 Å². The maximum atomic E-state index is 12.0. The molecule has 0 spiro atoms. The number of nitro groups is 1. The molecule has 0 N–H and O–H groups in total. The number of esters is 2. The zero-order chi connectivity index (χ0) is 18.4. The molecule has 0 saturated heterocycles. The second kappa shape index (κ2) is 8.05. The Bertz CT molecular complexity index is 798. The van der Waals surface area contributed by atoms with Gasteiger partial charge in [0.2, 0.25) is 0 Å². The molecule has 7 heteroatoms. The third kappa shape index (κ3) is 4.63. The molecule has 0 aliphatic carbocycles. The molecule has 2 aromatic rings. The van der Waals surface area contributed by atoms with Crippen molar-refractivity contribution < 1.29 is 24.0 Å². The lowest BCUT2D eigenvalue weighted by Gasteiger charge is -2.07. The minimum absolute atomic E-state index is 0.0258. The predicted octanol–water partition coefficient (Wildman–Crippen LogP) is 3.44. The molecule has 0 amide bonds. The van der Waals surface area contributed by atoms with Crippen LogP contribution in [0.2, 0.25) is 0 Å². The minimum atomic E-state index is -0.576. The largest absolute Gasteiger partial charge is 0.462 e. The molecule has 0 unspecified atom stereocenters. The van der Waals surface area contributed by atoms with Gasteiger partial charge in [-0.3, -0.25) is 10.1 Å². The number of rotatable bonds is 6. The average Bonchev–Trinajstić information content (AvgIpc) is 2.59. The van der Waals surface area contributed by atoms with Crippen molar-refractivity contribution in [2.75, 3.05) is 6.61 Å².